The van der Waals surface area contributed by atoms with E-state index in [0.29, 0.717) is 41.4 Å². The summed E-state index contributed by atoms with van der Waals surface area (Å²) in [6, 6.07) is 17.0. The van der Waals surface area contributed by atoms with E-state index in [-0.39, 0.29) is 24.1 Å². The van der Waals surface area contributed by atoms with Crippen LogP contribution in [-0.2, 0) is 14.3 Å². The van der Waals surface area contributed by atoms with Gasteiger partial charge in [-0.25, -0.2) is 14.6 Å². The fraction of sp³-hybridized carbons (Fsp3) is 0.250. The maximum atomic E-state index is 12.9. The molecule has 2 aromatic carbocycles. The first-order valence-corrected chi connectivity index (χ1v) is 12.3. The first-order valence-electron chi connectivity index (χ1n) is 12.3. The predicted molar refractivity (Wildman–Crippen MR) is 142 cm³/mol. The smallest absolute Gasteiger partial charge is 0.302 e. The molecule has 0 saturated carbocycles. The van der Waals surface area contributed by atoms with Crippen LogP contribution in [0.2, 0.25) is 0 Å². The second-order valence-electron chi connectivity index (χ2n) is 9.12. The van der Waals surface area contributed by atoms with Gasteiger partial charge in [0.15, 0.2) is 5.65 Å². The van der Waals surface area contributed by atoms with E-state index in [2.05, 4.69) is 16.5 Å². The number of anilines is 1. The van der Waals surface area contributed by atoms with Gasteiger partial charge in [0.25, 0.3) is 5.91 Å². The van der Waals surface area contributed by atoms with Crippen LogP contribution < -0.4 is 10.5 Å². The number of amides is 1. The number of esters is 1. The number of fused-ring (bicyclic) bond motifs is 1. The third-order valence-corrected chi connectivity index (χ3v) is 6.41. The van der Waals surface area contributed by atoms with E-state index in [4.69, 9.17) is 20.3 Å². The van der Waals surface area contributed by atoms with Crippen LogP contribution in [0, 0.1) is 0 Å². The quantitative estimate of drug-likeness (QED) is 0.289. The maximum absolute atomic E-state index is 12.9. The number of ether oxygens (including phenoxy) is 2. The summed E-state index contributed by atoms with van der Waals surface area (Å²) in [5.74, 6) is 1.08. The van der Waals surface area contributed by atoms with E-state index in [1.807, 2.05) is 59.3 Å². The summed E-state index contributed by atoms with van der Waals surface area (Å²) in [4.78, 5) is 34.5. The Labute approximate surface area is 219 Å². The molecule has 194 valence electrons. The Bertz CT molecular complexity index is 1480. The van der Waals surface area contributed by atoms with Crippen molar-refractivity contribution in [3.63, 3.8) is 0 Å². The van der Waals surface area contributed by atoms with E-state index in [0.717, 1.165) is 24.2 Å². The normalized spacial score (nSPS) is 15.3. The minimum Gasteiger partial charge on any atom is -0.461 e. The van der Waals surface area contributed by atoms with Crippen LogP contribution in [0.25, 0.3) is 22.3 Å². The lowest BCUT2D eigenvalue weighted by Gasteiger charge is -2.33. The van der Waals surface area contributed by atoms with E-state index >= 15 is 0 Å². The number of hydrogen-bond donors (Lipinski definition) is 1. The molecule has 38 heavy (non-hydrogen) atoms. The van der Waals surface area contributed by atoms with Gasteiger partial charge in [-0.15, -0.1) is 0 Å². The fourth-order valence-corrected chi connectivity index (χ4v) is 4.57. The van der Waals surface area contributed by atoms with Gasteiger partial charge in [0, 0.05) is 31.1 Å². The van der Waals surface area contributed by atoms with Crippen LogP contribution >= 0.6 is 0 Å². The number of carbonyl (C=O) groups excluding carboxylic acids is 2. The second-order valence-corrected chi connectivity index (χ2v) is 9.12. The minimum absolute atomic E-state index is 0.125. The molecule has 0 bridgehead atoms. The summed E-state index contributed by atoms with van der Waals surface area (Å²) < 4.78 is 12.7. The number of nitrogen functional groups attached to an aromatic ring is 1. The molecule has 0 spiro atoms. The van der Waals surface area contributed by atoms with Crippen LogP contribution in [-0.4, -0.2) is 56.2 Å². The second kappa shape index (κ2) is 10.7. The Balaban J connectivity index is 1.42. The molecule has 10 nitrogen and oxygen atoms in total. The molecule has 1 atom stereocenters. The number of likely N-dealkylation sites (tertiary alicyclic amines) is 1. The van der Waals surface area contributed by atoms with Crippen molar-refractivity contribution in [2.75, 3.05) is 25.4 Å². The van der Waals surface area contributed by atoms with Crippen molar-refractivity contribution < 1.29 is 19.1 Å². The minimum atomic E-state index is -0.456. The summed E-state index contributed by atoms with van der Waals surface area (Å²) in [5.41, 5.74) is 8.64. The Morgan fingerprint density at radius 3 is 2.55 bits per heavy atom. The molecule has 0 radical (unpaired) electrons. The molecule has 1 saturated heterocycles. The number of benzene rings is 2. The number of nitrogens with zero attached hydrogens (tertiary/aromatic N) is 5. The highest BCUT2D eigenvalue weighted by atomic mass is 16.5. The molecule has 1 unspecified atom stereocenters. The van der Waals surface area contributed by atoms with Crippen molar-refractivity contribution in [1.82, 2.24) is 24.6 Å². The first-order chi connectivity index (χ1) is 18.4. The standard InChI is InChI=1S/C28H28N6O4/c1-18(16-37-19(2)35)28(36)33-14-6-7-21(15-33)34-27-24(26(29)30-17-31-27)25(32-34)20-10-12-23(13-11-20)38-22-8-4-3-5-9-22/h3-5,8-13,17,21H,1,6-7,14-16H2,2H3,(H2,29,30,31). The Morgan fingerprint density at radius 1 is 1.08 bits per heavy atom. The third kappa shape index (κ3) is 5.19. The number of piperidine rings is 1. The molecular formula is C28H28N6O4. The summed E-state index contributed by atoms with van der Waals surface area (Å²) in [7, 11) is 0. The molecule has 1 fully saturated rings. The van der Waals surface area contributed by atoms with Crippen molar-refractivity contribution in [3.05, 3.63) is 73.1 Å². The molecule has 0 aliphatic carbocycles. The zero-order chi connectivity index (χ0) is 26.6. The van der Waals surface area contributed by atoms with Gasteiger partial charge in [0.2, 0.25) is 0 Å². The lowest BCUT2D eigenvalue weighted by Crippen LogP contribution is -2.42. The van der Waals surface area contributed by atoms with E-state index in [9.17, 15) is 9.59 Å². The molecule has 1 amide bonds. The largest absolute Gasteiger partial charge is 0.461 e. The van der Waals surface area contributed by atoms with Gasteiger partial charge >= 0.3 is 5.97 Å². The number of rotatable bonds is 7. The van der Waals surface area contributed by atoms with Gasteiger partial charge in [-0.1, -0.05) is 24.8 Å². The van der Waals surface area contributed by atoms with Gasteiger partial charge in [-0.2, -0.15) is 5.10 Å². The zero-order valence-electron chi connectivity index (χ0n) is 21.0. The van der Waals surface area contributed by atoms with E-state index in [1.54, 1.807) is 4.90 Å². The lowest BCUT2D eigenvalue weighted by atomic mass is 10.0. The van der Waals surface area contributed by atoms with Crippen LogP contribution in [0.3, 0.4) is 0 Å². The molecule has 3 heterocycles. The summed E-state index contributed by atoms with van der Waals surface area (Å²) >= 11 is 0. The summed E-state index contributed by atoms with van der Waals surface area (Å²) in [6.45, 7) is 5.97. The van der Waals surface area contributed by atoms with E-state index in [1.165, 1.54) is 13.3 Å². The fourth-order valence-electron chi connectivity index (χ4n) is 4.57. The number of hydrogen-bond acceptors (Lipinski definition) is 8. The Hall–Kier alpha value is -4.73. The molecule has 10 heteroatoms. The Kier molecular flexibility index (Phi) is 7.03. The van der Waals surface area contributed by atoms with Gasteiger partial charge in [0.05, 0.1) is 11.4 Å². The molecule has 2 N–H and O–H groups in total. The zero-order valence-corrected chi connectivity index (χ0v) is 21.0. The van der Waals surface area contributed by atoms with Crippen LogP contribution in [0.4, 0.5) is 5.82 Å². The Morgan fingerprint density at radius 2 is 1.82 bits per heavy atom. The first kappa shape index (κ1) is 24.9. The average Bonchev–Trinajstić information content (AvgIpc) is 3.33. The summed E-state index contributed by atoms with van der Waals surface area (Å²) in [5, 5.41) is 5.58. The van der Waals surface area contributed by atoms with Crippen LogP contribution in [0.1, 0.15) is 25.8 Å². The van der Waals surface area contributed by atoms with Crippen molar-refractivity contribution >= 4 is 28.7 Å². The molecule has 2 aromatic heterocycles. The van der Waals surface area contributed by atoms with Crippen LogP contribution in [0.5, 0.6) is 11.5 Å². The van der Waals surface area contributed by atoms with Gasteiger partial charge in [-0.05, 0) is 49.2 Å². The molecule has 4 aromatic rings. The topological polar surface area (TPSA) is 125 Å². The maximum Gasteiger partial charge on any atom is 0.302 e. The number of nitrogens with two attached hydrogens (primary N) is 1. The highest BCUT2D eigenvalue weighted by Crippen LogP contribution is 2.35. The number of aromatic nitrogens is 4. The summed E-state index contributed by atoms with van der Waals surface area (Å²) in [6.07, 6.45) is 3.01. The lowest BCUT2D eigenvalue weighted by molar-refractivity contribution is -0.140. The van der Waals surface area contributed by atoms with Gasteiger partial charge in [-0.3, -0.25) is 9.59 Å². The van der Waals surface area contributed by atoms with Gasteiger partial charge < -0.3 is 20.1 Å². The van der Waals surface area contributed by atoms with Crippen molar-refractivity contribution in [2.45, 2.75) is 25.8 Å². The SMILES string of the molecule is C=C(COC(C)=O)C(=O)N1CCCC(n2nc(-c3ccc(Oc4ccccc4)cc3)c3c(N)ncnc32)C1. The van der Waals surface area contributed by atoms with Crippen molar-refractivity contribution in [3.8, 4) is 22.8 Å². The monoisotopic (exact) mass is 512 g/mol. The average molecular weight is 513 g/mol. The van der Waals surface area contributed by atoms with Crippen molar-refractivity contribution in [1.29, 1.82) is 0 Å². The number of carbonyl (C=O) groups is 2. The number of para-hydroxylation sites is 1. The molecule has 1 aliphatic heterocycles. The predicted octanol–water partition coefficient (Wildman–Crippen LogP) is 4.15. The highest BCUT2D eigenvalue weighted by Gasteiger charge is 2.29. The van der Waals surface area contributed by atoms with Gasteiger partial charge in [0.1, 0.15) is 35.9 Å². The van der Waals surface area contributed by atoms with E-state index < -0.39 is 5.97 Å². The molecule has 5 rings (SSSR count). The van der Waals surface area contributed by atoms with Crippen molar-refractivity contribution in [2.24, 2.45) is 0 Å². The highest BCUT2D eigenvalue weighted by molar-refractivity contribution is 5.98. The molecule has 1 aliphatic rings. The molecular weight excluding hydrogens is 484 g/mol. The third-order valence-electron chi connectivity index (χ3n) is 6.41. The van der Waals surface area contributed by atoms with Crippen LogP contribution in [0.15, 0.2) is 73.1 Å².